The average molecular weight is 534 g/mol. The number of nitrogens with two attached hydrogens (primary N) is 1. The van der Waals surface area contributed by atoms with Gasteiger partial charge in [-0.05, 0) is 67.1 Å². The lowest BCUT2D eigenvalue weighted by Crippen LogP contribution is -2.71. The monoisotopic (exact) mass is 533 g/mol. The number of nitrogens with one attached hydrogen (secondary N) is 2. The molecule has 2 aliphatic rings. The molecule has 4 rings (SSSR count). The molecule has 204 valence electrons. The number of β-lactam (4-membered cyclic amide) rings is 1. The van der Waals surface area contributed by atoms with E-state index >= 15 is 0 Å². The number of benzene rings is 1. The molecule has 38 heavy (non-hydrogen) atoms. The van der Waals surface area contributed by atoms with Gasteiger partial charge >= 0.3 is 12.2 Å². The number of methoxy groups -OCH3 is 1. The van der Waals surface area contributed by atoms with Gasteiger partial charge in [-0.15, -0.1) is 0 Å². The van der Waals surface area contributed by atoms with Crippen LogP contribution in [0.4, 0.5) is 29.5 Å². The molecule has 12 heteroatoms. The minimum absolute atomic E-state index is 0.0569. The van der Waals surface area contributed by atoms with Crippen LogP contribution in [0.5, 0.6) is 5.75 Å². The number of hydrogen-bond donors (Lipinski definition) is 3. The van der Waals surface area contributed by atoms with Crippen molar-refractivity contribution in [3.8, 4) is 5.75 Å². The van der Waals surface area contributed by atoms with E-state index in [-0.39, 0.29) is 12.2 Å². The van der Waals surface area contributed by atoms with E-state index in [9.17, 15) is 27.6 Å². The predicted molar refractivity (Wildman–Crippen MR) is 133 cm³/mol. The van der Waals surface area contributed by atoms with Gasteiger partial charge in [0, 0.05) is 11.9 Å². The Morgan fingerprint density at radius 1 is 1.16 bits per heavy atom. The molecule has 4 N–H and O–H groups in total. The zero-order valence-electron chi connectivity index (χ0n) is 20.8. The highest BCUT2D eigenvalue weighted by atomic mass is 19.4. The van der Waals surface area contributed by atoms with E-state index in [2.05, 4.69) is 10.3 Å². The van der Waals surface area contributed by atoms with E-state index in [1.165, 1.54) is 19.4 Å². The Labute approximate surface area is 217 Å². The summed E-state index contributed by atoms with van der Waals surface area (Å²) in [6.45, 7) is 0. The Morgan fingerprint density at radius 3 is 2.45 bits per heavy atom. The molecule has 4 amide bonds. The Kier molecular flexibility index (Phi) is 8.08. The number of imide groups is 1. The second-order valence-electron chi connectivity index (χ2n) is 9.64. The van der Waals surface area contributed by atoms with Crippen molar-refractivity contribution in [2.24, 2.45) is 11.8 Å². The van der Waals surface area contributed by atoms with Crippen LogP contribution >= 0.6 is 0 Å². The lowest BCUT2D eigenvalue weighted by molar-refractivity contribution is -0.170. The quantitative estimate of drug-likeness (QED) is 0.464. The first-order valence-electron chi connectivity index (χ1n) is 12.4. The van der Waals surface area contributed by atoms with Crippen LogP contribution in [0, 0.1) is 11.8 Å². The Morgan fingerprint density at radius 2 is 1.84 bits per heavy atom. The van der Waals surface area contributed by atoms with Gasteiger partial charge in [-0.1, -0.05) is 19.3 Å². The molecule has 1 aromatic carbocycles. The van der Waals surface area contributed by atoms with Crippen molar-refractivity contribution in [2.75, 3.05) is 18.2 Å². The highest BCUT2D eigenvalue weighted by Gasteiger charge is 2.56. The number of anilines is 2. The van der Waals surface area contributed by atoms with Crippen molar-refractivity contribution in [1.82, 2.24) is 15.2 Å². The summed E-state index contributed by atoms with van der Waals surface area (Å²) < 4.78 is 46.9. The van der Waals surface area contributed by atoms with Crippen LogP contribution in [0.25, 0.3) is 0 Å². The van der Waals surface area contributed by atoms with Crippen LogP contribution in [0.3, 0.4) is 0 Å². The molecule has 2 fully saturated rings. The zero-order valence-corrected chi connectivity index (χ0v) is 20.8. The lowest BCUT2D eigenvalue weighted by Gasteiger charge is -2.45. The topological polar surface area (TPSA) is 127 Å². The van der Waals surface area contributed by atoms with Crippen LogP contribution in [0.15, 0.2) is 42.6 Å². The molecular weight excluding hydrogens is 503 g/mol. The van der Waals surface area contributed by atoms with Crippen molar-refractivity contribution in [3.63, 3.8) is 0 Å². The molecule has 2 aromatic rings. The summed E-state index contributed by atoms with van der Waals surface area (Å²) in [7, 11) is 1.49. The molecule has 2 heterocycles. The van der Waals surface area contributed by atoms with Crippen molar-refractivity contribution >= 4 is 29.4 Å². The van der Waals surface area contributed by atoms with E-state index in [1.807, 2.05) is 5.32 Å². The van der Waals surface area contributed by atoms with Crippen LogP contribution < -0.4 is 21.1 Å². The molecule has 0 spiro atoms. The van der Waals surface area contributed by atoms with Gasteiger partial charge in [-0.2, -0.15) is 13.2 Å². The molecular formula is C26H30F3N5O4. The van der Waals surface area contributed by atoms with Crippen molar-refractivity contribution < 1.29 is 32.3 Å². The number of aromatic nitrogens is 1. The highest BCUT2D eigenvalue weighted by Crippen LogP contribution is 2.36. The molecule has 3 atom stereocenters. The number of ether oxygens (including phenoxy) is 1. The molecule has 0 unspecified atom stereocenters. The number of halogens is 3. The number of pyridine rings is 1. The third kappa shape index (κ3) is 6.00. The van der Waals surface area contributed by atoms with Crippen LogP contribution in [-0.4, -0.2) is 53.1 Å². The summed E-state index contributed by atoms with van der Waals surface area (Å²) in [5, 5.41) is 4.68. The lowest BCUT2D eigenvalue weighted by atomic mass is 9.81. The first-order chi connectivity index (χ1) is 18.1. The minimum Gasteiger partial charge on any atom is -0.497 e. The first kappa shape index (κ1) is 27.2. The number of hydrogen-bond acceptors (Lipinski definition) is 6. The SMILES string of the molecule is COc1ccc(NC(=O)[C@@H]2[C@H](Cc3ccnc(N)c3)C(=O)N2C(=O)N[C@@H](C2CCCCC2)C(F)(F)F)cc1. The zero-order chi connectivity index (χ0) is 27.4. The highest BCUT2D eigenvalue weighted by molar-refractivity contribution is 6.12. The fraction of sp³-hybridized carbons (Fsp3) is 0.462. The minimum atomic E-state index is -4.69. The molecule has 9 nitrogen and oxygen atoms in total. The normalized spacial score (nSPS) is 20.8. The number of amides is 4. The summed E-state index contributed by atoms with van der Waals surface area (Å²) in [5.74, 6) is -2.43. The van der Waals surface area contributed by atoms with Gasteiger partial charge in [0.25, 0.3) is 0 Å². The third-order valence-electron chi connectivity index (χ3n) is 7.11. The van der Waals surface area contributed by atoms with Crippen molar-refractivity contribution in [2.45, 2.75) is 56.8 Å². The molecule has 1 saturated carbocycles. The Bertz CT molecular complexity index is 1170. The van der Waals surface area contributed by atoms with Gasteiger partial charge in [0.05, 0.1) is 13.0 Å². The van der Waals surface area contributed by atoms with Crippen molar-refractivity contribution in [1.29, 1.82) is 0 Å². The molecule has 1 saturated heterocycles. The van der Waals surface area contributed by atoms with Gasteiger partial charge in [0.15, 0.2) is 0 Å². The maximum Gasteiger partial charge on any atom is 0.408 e. The number of likely N-dealkylation sites (tertiary alicyclic amines) is 1. The largest absolute Gasteiger partial charge is 0.497 e. The fourth-order valence-corrected chi connectivity index (χ4v) is 5.18. The molecule has 0 radical (unpaired) electrons. The van der Waals surface area contributed by atoms with E-state index in [1.54, 1.807) is 30.3 Å². The number of alkyl halides is 3. The van der Waals surface area contributed by atoms with E-state index < -0.39 is 47.9 Å². The summed E-state index contributed by atoms with van der Waals surface area (Å²) >= 11 is 0. The maximum absolute atomic E-state index is 13.9. The summed E-state index contributed by atoms with van der Waals surface area (Å²) in [6.07, 6.45) is -0.420. The number of urea groups is 1. The summed E-state index contributed by atoms with van der Waals surface area (Å²) in [5.41, 5.74) is 6.70. The number of nitrogens with zero attached hydrogens (tertiary/aromatic N) is 2. The molecule has 1 aliphatic heterocycles. The summed E-state index contributed by atoms with van der Waals surface area (Å²) in [6, 6.07) is 4.87. The first-order valence-corrected chi connectivity index (χ1v) is 12.4. The fourth-order valence-electron chi connectivity index (χ4n) is 5.18. The van der Waals surface area contributed by atoms with E-state index in [4.69, 9.17) is 10.5 Å². The Balaban J connectivity index is 1.56. The maximum atomic E-state index is 13.9. The molecule has 1 aromatic heterocycles. The van der Waals surface area contributed by atoms with Gasteiger partial charge in [-0.25, -0.2) is 9.78 Å². The van der Waals surface area contributed by atoms with Crippen LogP contribution in [-0.2, 0) is 16.0 Å². The van der Waals surface area contributed by atoms with E-state index in [0.717, 1.165) is 6.42 Å². The average Bonchev–Trinajstić information content (AvgIpc) is 2.89. The standard InChI is InChI=1S/C26H30F3N5O4/c1-38-18-9-7-17(8-10-18)32-23(35)21-19(13-15-11-12-31-20(30)14-15)24(36)34(21)25(37)33-22(26(27,28)29)16-5-3-2-4-6-16/h7-12,14,16,19,21-22H,2-6,13H2,1H3,(H2,30,31)(H,32,35)(H,33,37)/t19-,21-,22-/m0/s1. The van der Waals surface area contributed by atoms with Gasteiger partial charge in [0.2, 0.25) is 11.8 Å². The number of nitrogen functional groups attached to an aromatic ring is 1. The second-order valence-corrected chi connectivity index (χ2v) is 9.64. The van der Waals surface area contributed by atoms with Gasteiger partial charge in [-0.3, -0.25) is 14.5 Å². The number of rotatable bonds is 7. The Hall–Kier alpha value is -3.83. The molecule has 0 bridgehead atoms. The second kappa shape index (κ2) is 11.3. The smallest absolute Gasteiger partial charge is 0.408 e. The molecule has 1 aliphatic carbocycles. The van der Waals surface area contributed by atoms with Crippen molar-refractivity contribution in [3.05, 3.63) is 48.2 Å². The number of carbonyl (C=O) groups is 3. The number of carbonyl (C=O) groups excluding carboxylic acids is 3. The van der Waals surface area contributed by atoms with E-state index in [0.29, 0.717) is 47.6 Å². The predicted octanol–water partition coefficient (Wildman–Crippen LogP) is 3.90. The van der Waals surface area contributed by atoms with Crippen LogP contribution in [0.2, 0.25) is 0 Å². The third-order valence-corrected chi connectivity index (χ3v) is 7.11. The van der Waals surface area contributed by atoms with Crippen LogP contribution in [0.1, 0.15) is 37.7 Å². The van der Waals surface area contributed by atoms with Gasteiger partial charge in [0.1, 0.15) is 23.7 Å². The summed E-state index contributed by atoms with van der Waals surface area (Å²) in [4.78, 5) is 44.0. The van der Waals surface area contributed by atoms with Gasteiger partial charge < -0.3 is 21.1 Å².